The summed E-state index contributed by atoms with van der Waals surface area (Å²) in [5.74, 6) is 5.06. The van der Waals surface area contributed by atoms with Gasteiger partial charge < -0.3 is 14.6 Å². The molecular formula is C34H60N2O5. The van der Waals surface area contributed by atoms with Gasteiger partial charge in [-0.15, -0.1) is 0 Å². The van der Waals surface area contributed by atoms with E-state index in [-0.39, 0.29) is 17.9 Å². The molecule has 0 unspecified atom stereocenters. The number of rotatable bonds is 26. The van der Waals surface area contributed by atoms with Crippen LogP contribution in [-0.2, 0) is 4.74 Å². The number of hydrogen-bond acceptors (Lipinski definition) is 6. The van der Waals surface area contributed by atoms with Gasteiger partial charge in [-0.3, -0.25) is 4.79 Å². The van der Waals surface area contributed by atoms with Crippen molar-refractivity contribution in [2.45, 2.75) is 155 Å². The van der Waals surface area contributed by atoms with Gasteiger partial charge in [0.2, 0.25) is 0 Å². The summed E-state index contributed by atoms with van der Waals surface area (Å²) < 4.78 is 10.9. The quantitative estimate of drug-likeness (QED) is 0.0492. The lowest BCUT2D eigenvalue weighted by molar-refractivity contribution is 0.0653. The van der Waals surface area contributed by atoms with E-state index in [0.29, 0.717) is 17.4 Å². The SMILES string of the molecule is CCCCCCCCCCCCCCCCCCOc1ccc(O)c(C(=O)N(N)C(=O)OCCCCCCCC)c1. The molecule has 0 saturated heterocycles. The van der Waals surface area contributed by atoms with Gasteiger partial charge in [0, 0.05) is 0 Å². The van der Waals surface area contributed by atoms with E-state index in [4.69, 9.17) is 15.3 Å². The highest BCUT2D eigenvalue weighted by atomic mass is 16.6. The molecule has 3 N–H and O–H groups in total. The number of amides is 2. The van der Waals surface area contributed by atoms with E-state index in [0.717, 1.165) is 32.1 Å². The van der Waals surface area contributed by atoms with Gasteiger partial charge in [-0.25, -0.2) is 10.6 Å². The lowest BCUT2D eigenvalue weighted by Gasteiger charge is -2.16. The fraction of sp³-hybridized carbons (Fsp3) is 0.765. The smallest absolute Gasteiger partial charge is 0.431 e. The van der Waals surface area contributed by atoms with Gasteiger partial charge >= 0.3 is 6.09 Å². The van der Waals surface area contributed by atoms with Crippen LogP contribution < -0.4 is 10.6 Å². The number of phenols is 1. The molecular weight excluding hydrogens is 516 g/mol. The number of nitrogens with two attached hydrogens (primary N) is 1. The van der Waals surface area contributed by atoms with Crippen molar-refractivity contribution in [3.05, 3.63) is 23.8 Å². The molecule has 7 nitrogen and oxygen atoms in total. The topological polar surface area (TPSA) is 102 Å². The number of carbonyl (C=O) groups excluding carboxylic acids is 2. The first-order valence-electron chi connectivity index (χ1n) is 16.7. The zero-order valence-corrected chi connectivity index (χ0v) is 26.3. The number of unbranched alkanes of at least 4 members (excludes halogenated alkanes) is 20. The molecule has 0 heterocycles. The number of ether oxygens (including phenoxy) is 2. The number of carbonyl (C=O) groups is 2. The zero-order valence-electron chi connectivity index (χ0n) is 26.3. The molecule has 1 aromatic rings. The average Bonchev–Trinajstić information content (AvgIpc) is 2.98. The Bertz CT molecular complexity index is 801. The van der Waals surface area contributed by atoms with Crippen LogP contribution in [0.1, 0.15) is 165 Å². The molecule has 41 heavy (non-hydrogen) atoms. The predicted molar refractivity (Wildman–Crippen MR) is 168 cm³/mol. The second-order valence-electron chi connectivity index (χ2n) is 11.4. The van der Waals surface area contributed by atoms with Crippen LogP contribution in [0.3, 0.4) is 0 Å². The number of benzene rings is 1. The first-order valence-corrected chi connectivity index (χ1v) is 16.7. The standard InChI is InChI=1S/C34H60N2O5/c1-3-5-7-9-11-12-13-14-15-16-17-18-19-20-22-23-27-40-30-25-26-32(37)31(29-30)33(38)36(35)34(39)41-28-24-21-10-8-6-4-2/h25-26,29,37H,3-24,27-28,35H2,1-2H3. The largest absolute Gasteiger partial charge is 0.507 e. The van der Waals surface area contributed by atoms with Gasteiger partial charge in [0.15, 0.2) is 0 Å². The Balaban J connectivity index is 2.14. The van der Waals surface area contributed by atoms with Crippen LogP contribution in [0.5, 0.6) is 11.5 Å². The maximum Gasteiger partial charge on any atom is 0.431 e. The van der Waals surface area contributed by atoms with Crippen molar-refractivity contribution in [1.29, 1.82) is 0 Å². The van der Waals surface area contributed by atoms with Crippen LogP contribution in [0.15, 0.2) is 18.2 Å². The van der Waals surface area contributed by atoms with Gasteiger partial charge in [-0.05, 0) is 31.0 Å². The second kappa shape index (κ2) is 25.4. The van der Waals surface area contributed by atoms with E-state index >= 15 is 0 Å². The van der Waals surface area contributed by atoms with Crippen LogP contribution in [-0.4, -0.2) is 35.3 Å². The molecule has 0 bridgehead atoms. The highest BCUT2D eigenvalue weighted by Gasteiger charge is 2.24. The minimum Gasteiger partial charge on any atom is -0.507 e. The third kappa shape index (κ3) is 18.7. The van der Waals surface area contributed by atoms with Crippen molar-refractivity contribution in [2.75, 3.05) is 13.2 Å². The van der Waals surface area contributed by atoms with Gasteiger partial charge in [0.05, 0.1) is 18.8 Å². The van der Waals surface area contributed by atoms with Crippen molar-refractivity contribution < 1.29 is 24.2 Å². The van der Waals surface area contributed by atoms with Crippen molar-refractivity contribution in [3.63, 3.8) is 0 Å². The van der Waals surface area contributed by atoms with Crippen LogP contribution >= 0.6 is 0 Å². The first kappa shape index (κ1) is 36.7. The second-order valence-corrected chi connectivity index (χ2v) is 11.4. The maximum atomic E-state index is 12.7. The Morgan fingerprint density at radius 1 is 0.659 bits per heavy atom. The summed E-state index contributed by atoms with van der Waals surface area (Å²) in [5.41, 5.74) is -0.0894. The van der Waals surface area contributed by atoms with Crippen LogP contribution in [0.4, 0.5) is 4.79 Å². The molecule has 0 radical (unpaired) electrons. The first-order chi connectivity index (χ1) is 20.0. The van der Waals surface area contributed by atoms with E-state index < -0.39 is 12.0 Å². The maximum absolute atomic E-state index is 12.7. The lowest BCUT2D eigenvalue weighted by atomic mass is 10.0. The number of aromatic hydroxyl groups is 1. The third-order valence-corrected chi connectivity index (χ3v) is 7.60. The summed E-state index contributed by atoms with van der Waals surface area (Å²) in [5, 5.41) is 10.6. The number of imide groups is 1. The van der Waals surface area contributed by atoms with E-state index in [1.807, 2.05) is 0 Å². The Morgan fingerprint density at radius 3 is 1.54 bits per heavy atom. The van der Waals surface area contributed by atoms with Crippen molar-refractivity contribution in [1.82, 2.24) is 5.01 Å². The molecule has 236 valence electrons. The molecule has 0 fully saturated rings. The highest BCUT2D eigenvalue weighted by molar-refractivity contribution is 6.04. The van der Waals surface area contributed by atoms with Gasteiger partial charge in [-0.1, -0.05) is 142 Å². The van der Waals surface area contributed by atoms with Gasteiger partial charge in [0.1, 0.15) is 11.5 Å². The zero-order chi connectivity index (χ0) is 30.0. The molecule has 0 aliphatic rings. The van der Waals surface area contributed by atoms with Crippen LogP contribution in [0, 0.1) is 0 Å². The molecule has 0 aliphatic carbocycles. The number of hydrogen-bond donors (Lipinski definition) is 2. The molecule has 7 heteroatoms. The summed E-state index contributed by atoms with van der Waals surface area (Å²) in [6, 6.07) is 4.41. The van der Waals surface area contributed by atoms with E-state index in [9.17, 15) is 14.7 Å². The predicted octanol–water partition coefficient (Wildman–Crippen LogP) is 9.85. The van der Waals surface area contributed by atoms with Gasteiger partial charge in [-0.2, -0.15) is 5.01 Å². The summed E-state index contributed by atoms with van der Waals surface area (Å²) in [7, 11) is 0. The average molecular weight is 577 g/mol. The molecule has 0 aliphatic heterocycles. The molecule has 0 aromatic heterocycles. The summed E-state index contributed by atoms with van der Waals surface area (Å²) in [6.07, 6.45) is 26.4. The molecule has 0 atom stereocenters. The van der Waals surface area contributed by atoms with Gasteiger partial charge in [0.25, 0.3) is 5.91 Å². The Morgan fingerprint density at radius 2 is 1.07 bits per heavy atom. The molecule has 2 amide bonds. The van der Waals surface area contributed by atoms with Crippen LogP contribution in [0.25, 0.3) is 0 Å². The lowest BCUT2D eigenvalue weighted by Crippen LogP contribution is -2.43. The van der Waals surface area contributed by atoms with Crippen molar-refractivity contribution in [3.8, 4) is 11.5 Å². The normalized spacial score (nSPS) is 11.0. The molecule has 1 aromatic carbocycles. The van der Waals surface area contributed by atoms with E-state index in [1.165, 1.54) is 121 Å². The van der Waals surface area contributed by atoms with E-state index in [2.05, 4.69) is 13.8 Å². The summed E-state index contributed by atoms with van der Waals surface area (Å²) in [6.45, 7) is 5.17. The Hall–Kier alpha value is -2.28. The highest BCUT2D eigenvalue weighted by Crippen LogP contribution is 2.24. The minimum absolute atomic E-state index is 0.0894. The summed E-state index contributed by atoms with van der Waals surface area (Å²) >= 11 is 0. The Labute approximate surface area is 250 Å². The number of phenolic OH excluding ortho intramolecular Hbond substituents is 1. The van der Waals surface area contributed by atoms with Crippen LogP contribution in [0.2, 0.25) is 0 Å². The fourth-order valence-electron chi connectivity index (χ4n) is 4.94. The molecule has 0 spiro atoms. The van der Waals surface area contributed by atoms with Crippen molar-refractivity contribution in [2.24, 2.45) is 5.84 Å². The third-order valence-electron chi connectivity index (χ3n) is 7.60. The molecule has 0 saturated carbocycles. The fourth-order valence-corrected chi connectivity index (χ4v) is 4.94. The Kier molecular flexibility index (Phi) is 22.8. The van der Waals surface area contributed by atoms with E-state index in [1.54, 1.807) is 6.07 Å². The van der Waals surface area contributed by atoms with Crippen molar-refractivity contribution >= 4 is 12.0 Å². The molecule has 1 rings (SSSR count). The minimum atomic E-state index is -0.928. The summed E-state index contributed by atoms with van der Waals surface area (Å²) in [4.78, 5) is 24.9. The monoisotopic (exact) mass is 576 g/mol. The number of hydrazine groups is 1. The number of nitrogens with zero attached hydrogens (tertiary/aromatic N) is 1.